The van der Waals surface area contributed by atoms with Crippen molar-refractivity contribution in [1.82, 2.24) is 30.1 Å². The summed E-state index contributed by atoms with van der Waals surface area (Å²) in [4.78, 5) is 17.1. The minimum atomic E-state index is 0.701. The van der Waals surface area contributed by atoms with Crippen molar-refractivity contribution < 1.29 is 4.42 Å². The van der Waals surface area contributed by atoms with E-state index in [0.717, 1.165) is 55.6 Å². The molecule has 30 heavy (non-hydrogen) atoms. The summed E-state index contributed by atoms with van der Waals surface area (Å²) in [5, 5.41) is 8.53. The monoisotopic (exact) mass is 392 g/mol. The van der Waals surface area contributed by atoms with E-state index in [1.54, 1.807) is 24.9 Å². The normalized spacial score (nSPS) is 11.5. The molecule has 0 bridgehead atoms. The number of imidazole rings is 1. The predicted molar refractivity (Wildman–Crippen MR) is 115 cm³/mol. The average Bonchev–Trinajstić information content (AvgIpc) is 3.51. The summed E-state index contributed by atoms with van der Waals surface area (Å²) in [5.74, 6) is 0.701. The molecule has 1 aromatic carbocycles. The van der Waals surface area contributed by atoms with Gasteiger partial charge in [-0.3, -0.25) is 15.1 Å². The summed E-state index contributed by atoms with van der Waals surface area (Å²) in [6.07, 6.45) is 8.81. The van der Waals surface area contributed by atoms with Crippen LogP contribution in [0.4, 0.5) is 0 Å². The van der Waals surface area contributed by atoms with E-state index in [4.69, 9.17) is 9.40 Å². The second-order valence-corrected chi connectivity index (χ2v) is 7.18. The Morgan fingerprint density at radius 1 is 1.00 bits per heavy atom. The number of nitrogens with zero attached hydrogens (tertiary/aromatic N) is 4. The van der Waals surface area contributed by atoms with Crippen LogP contribution < -0.4 is 0 Å². The Hall–Kier alpha value is -4.26. The van der Waals surface area contributed by atoms with Crippen molar-refractivity contribution in [2.24, 2.45) is 0 Å². The number of pyridine rings is 2. The number of nitrogens with one attached hydrogen (secondary N) is 2. The fraction of sp³-hybridized carbons (Fsp3) is 0.0435. The average molecular weight is 392 g/mol. The standard InChI is InChI=1S/C23H16N6O/c1-13-5-7-24-10-17(13)19-9-16-20(11-25-19)28-29-22(16)23-26-18-4-2-3-15(21(18)27-23)14-6-8-30-12-14/h2-12H,1H3,(H,26,27)(H,28,29). The summed E-state index contributed by atoms with van der Waals surface area (Å²) in [7, 11) is 0. The van der Waals surface area contributed by atoms with Crippen LogP contribution in [-0.4, -0.2) is 30.1 Å². The van der Waals surface area contributed by atoms with Crippen LogP contribution in [0.5, 0.6) is 0 Å². The summed E-state index contributed by atoms with van der Waals surface area (Å²) >= 11 is 0. The Balaban J connectivity index is 1.53. The largest absolute Gasteiger partial charge is 0.472 e. The van der Waals surface area contributed by atoms with Crippen molar-refractivity contribution in [2.45, 2.75) is 6.92 Å². The van der Waals surface area contributed by atoms with Gasteiger partial charge in [0.2, 0.25) is 0 Å². The molecule has 7 heteroatoms. The smallest absolute Gasteiger partial charge is 0.159 e. The van der Waals surface area contributed by atoms with E-state index in [1.807, 2.05) is 42.6 Å². The van der Waals surface area contributed by atoms with Gasteiger partial charge in [-0.2, -0.15) is 5.10 Å². The number of fused-ring (bicyclic) bond motifs is 2. The zero-order valence-electron chi connectivity index (χ0n) is 16.0. The number of furan rings is 1. The Morgan fingerprint density at radius 2 is 1.97 bits per heavy atom. The van der Waals surface area contributed by atoms with Gasteiger partial charge in [-0.15, -0.1) is 0 Å². The number of hydrogen-bond acceptors (Lipinski definition) is 5. The van der Waals surface area contributed by atoms with Gasteiger partial charge in [-0.05, 0) is 36.8 Å². The van der Waals surface area contributed by atoms with E-state index in [9.17, 15) is 0 Å². The Kier molecular flexibility index (Phi) is 3.55. The minimum absolute atomic E-state index is 0.701. The maximum absolute atomic E-state index is 5.25. The molecule has 0 saturated carbocycles. The summed E-state index contributed by atoms with van der Waals surface area (Å²) in [6, 6.07) is 12.0. The molecule has 5 heterocycles. The highest BCUT2D eigenvalue weighted by Gasteiger charge is 2.16. The quantitative estimate of drug-likeness (QED) is 0.435. The van der Waals surface area contributed by atoms with Crippen LogP contribution in [0.1, 0.15) is 5.56 Å². The first-order valence-electron chi connectivity index (χ1n) is 9.55. The third kappa shape index (κ3) is 2.52. The van der Waals surface area contributed by atoms with Crippen molar-refractivity contribution in [1.29, 1.82) is 0 Å². The molecule has 0 fully saturated rings. The summed E-state index contributed by atoms with van der Waals surface area (Å²) in [6.45, 7) is 2.05. The van der Waals surface area contributed by atoms with Gasteiger partial charge in [0, 0.05) is 34.5 Å². The molecule has 0 amide bonds. The fourth-order valence-corrected chi connectivity index (χ4v) is 3.77. The summed E-state index contributed by atoms with van der Waals surface area (Å²) < 4.78 is 5.25. The lowest BCUT2D eigenvalue weighted by atomic mass is 10.1. The molecular formula is C23H16N6O. The van der Waals surface area contributed by atoms with Crippen LogP contribution in [0.15, 0.2) is 71.9 Å². The highest BCUT2D eigenvalue weighted by Crippen LogP contribution is 2.32. The number of para-hydroxylation sites is 1. The summed E-state index contributed by atoms with van der Waals surface area (Å²) in [5.41, 5.74) is 8.40. The molecule has 7 nitrogen and oxygen atoms in total. The van der Waals surface area contributed by atoms with Crippen LogP contribution in [0, 0.1) is 6.92 Å². The molecule has 0 saturated heterocycles. The van der Waals surface area contributed by atoms with Crippen LogP contribution in [-0.2, 0) is 0 Å². The topological polar surface area (TPSA) is 96.3 Å². The maximum atomic E-state index is 5.25. The van der Waals surface area contributed by atoms with Gasteiger partial charge in [0.05, 0.1) is 41.0 Å². The molecule has 0 unspecified atom stereocenters. The number of aromatic amines is 2. The minimum Gasteiger partial charge on any atom is -0.472 e. The second kappa shape index (κ2) is 6.38. The molecule has 6 rings (SSSR count). The Bertz CT molecular complexity index is 1510. The van der Waals surface area contributed by atoms with E-state index < -0.39 is 0 Å². The van der Waals surface area contributed by atoms with Gasteiger partial charge in [0.15, 0.2) is 5.82 Å². The van der Waals surface area contributed by atoms with Crippen molar-refractivity contribution in [3.63, 3.8) is 0 Å². The first-order chi connectivity index (χ1) is 14.8. The van der Waals surface area contributed by atoms with Crippen molar-refractivity contribution in [2.75, 3.05) is 0 Å². The number of rotatable bonds is 3. The van der Waals surface area contributed by atoms with Gasteiger partial charge < -0.3 is 9.40 Å². The van der Waals surface area contributed by atoms with Gasteiger partial charge in [0.1, 0.15) is 5.69 Å². The molecule has 5 aromatic heterocycles. The van der Waals surface area contributed by atoms with Crippen molar-refractivity contribution in [3.05, 3.63) is 73.1 Å². The van der Waals surface area contributed by atoms with Crippen LogP contribution >= 0.6 is 0 Å². The van der Waals surface area contributed by atoms with Gasteiger partial charge >= 0.3 is 0 Å². The SMILES string of the molecule is Cc1ccncc1-c1cc2c(-c3nc4c(-c5ccoc5)cccc4[nH]3)n[nH]c2cn1. The molecular weight excluding hydrogens is 376 g/mol. The van der Waals surface area contributed by atoms with E-state index in [0.29, 0.717) is 5.82 Å². The number of aromatic nitrogens is 6. The molecule has 2 N–H and O–H groups in total. The maximum Gasteiger partial charge on any atom is 0.159 e. The molecule has 0 atom stereocenters. The first kappa shape index (κ1) is 16.7. The molecule has 144 valence electrons. The van der Waals surface area contributed by atoms with Crippen LogP contribution in [0.25, 0.3) is 55.8 Å². The zero-order valence-corrected chi connectivity index (χ0v) is 16.0. The van der Waals surface area contributed by atoms with E-state index in [-0.39, 0.29) is 0 Å². The number of hydrogen-bond donors (Lipinski definition) is 2. The lowest BCUT2D eigenvalue weighted by Gasteiger charge is -2.04. The highest BCUT2D eigenvalue weighted by atomic mass is 16.3. The van der Waals surface area contributed by atoms with Gasteiger partial charge in [-0.25, -0.2) is 4.98 Å². The number of H-pyrrole nitrogens is 2. The zero-order chi connectivity index (χ0) is 20.1. The second-order valence-electron chi connectivity index (χ2n) is 7.18. The van der Waals surface area contributed by atoms with Gasteiger partial charge in [-0.1, -0.05) is 12.1 Å². The van der Waals surface area contributed by atoms with Crippen molar-refractivity contribution in [3.8, 4) is 33.9 Å². The first-order valence-corrected chi connectivity index (χ1v) is 9.55. The van der Waals surface area contributed by atoms with Crippen LogP contribution in [0.3, 0.4) is 0 Å². The number of benzene rings is 1. The third-order valence-electron chi connectivity index (χ3n) is 5.33. The lowest BCUT2D eigenvalue weighted by molar-refractivity contribution is 0.568. The molecule has 0 spiro atoms. The van der Waals surface area contributed by atoms with Crippen LogP contribution in [0.2, 0.25) is 0 Å². The van der Waals surface area contributed by atoms with E-state index in [1.165, 1.54) is 0 Å². The highest BCUT2D eigenvalue weighted by molar-refractivity contribution is 5.97. The molecule has 0 radical (unpaired) electrons. The van der Waals surface area contributed by atoms with E-state index in [2.05, 4.69) is 32.1 Å². The third-order valence-corrected chi connectivity index (χ3v) is 5.33. The predicted octanol–water partition coefficient (Wildman–Crippen LogP) is 5.13. The molecule has 0 aliphatic carbocycles. The lowest BCUT2D eigenvalue weighted by Crippen LogP contribution is -1.88. The molecule has 6 aromatic rings. The van der Waals surface area contributed by atoms with Gasteiger partial charge in [0.25, 0.3) is 0 Å². The number of aryl methyl sites for hydroxylation is 1. The molecule has 0 aliphatic rings. The fourth-order valence-electron chi connectivity index (χ4n) is 3.77. The Labute approximate surface area is 170 Å². The van der Waals surface area contributed by atoms with E-state index >= 15 is 0 Å². The molecule has 0 aliphatic heterocycles. The Morgan fingerprint density at radius 3 is 2.83 bits per heavy atom. The van der Waals surface area contributed by atoms with Crippen molar-refractivity contribution >= 4 is 21.9 Å².